The first kappa shape index (κ1) is 13.2. The van der Waals surface area contributed by atoms with Crippen LogP contribution in [0.25, 0.3) is 0 Å². The van der Waals surface area contributed by atoms with Gasteiger partial charge < -0.3 is 5.32 Å². The highest BCUT2D eigenvalue weighted by Gasteiger charge is 2.19. The topological polar surface area (TPSA) is 29.1 Å². The molecule has 0 aromatic heterocycles. The molecule has 0 fully saturated rings. The zero-order valence-corrected chi connectivity index (χ0v) is 11.6. The Labute approximate surface area is 106 Å². The van der Waals surface area contributed by atoms with Gasteiger partial charge >= 0.3 is 0 Å². The average molecular weight is 284 g/mol. The molecule has 1 aromatic rings. The van der Waals surface area contributed by atoms with Crippen LogP contribution in [0.2, 0.25) is 0 Å². The number of rotatable bonds is 4. The molecule has 0 bridgehead atoms. The second-order valence-corrected chi connectivity index (χ2v) is 5.51. The number of amides is 1. The molecule has 88 valence electrons. The second kappa shape index (κ2) is 5.48. The molecule has 0 aliphatic carbocycles. The van der Waals surface area contributed by atoms with Gasteiger partial charge in [0.05, 0.1) is 0 Å². The van der Waals surface area contributed by atoms with Crippen molar-refractivity contribution >= 4 is 21.8 Å². The fourth-order valence-electron chi connectivity index (χ4n) is 1.67. The highest BCUT2D eigenvalue weighted by molar-refractivity contribution is 9.10. The molecule has 1 aromatic carbocycles. The normalized spacial score (nSPS) is 11.2. The molecule has 1 N–H and O–H groups in total. The number of carbonyl (C=O) groups is 1. The van der Waals surface area contributed by atoms with Crippen molar-refractivity contribution in [1.82, 2.24) is 5.32 Å². The van der Waals surface area contributed by atoms with Crippen LogP contribution in [-0.4, -0.2) is 11.4 Å². The van der Waals surface area contributed by atoms with E-state index in [1.165, 1.54) is 0 Å². The Kier molecular flexibility index (Phi) is 4.54. The lowest BCUT2D eigenvalue weighted by Crippen LogP contribution is -2.43. The van der Waals surface area contributed by atoms with Crippen LogP contribution in [0.3, 0.4) is 0 Å². The van der Waals surface area contributed by atoms with Gasteiger partial charge in [0.25, 0.3) is 5.91 Å². The van der Waals surface area contributed by atoms with Gasteiger partial charge in [-0.2, -0.15) is 0 Å². The van der Waals surface area contributed by atoms with Crippen LogP contribution in [-0.2, 0) is 0 Å². The number of hydrogen-bond donors (Lipinski definition) is 1. The first-order valence-electron chi connectivity index (χ1n) is 5.53. The van der Waals surface area contributed by atoms with E-state index < -0.39 is 0 Å². The van der Waals surface area contributed by atoms with E-state index in [2.05, 4.69) is 28.2 Å². The zero-order chi connectivity index (χ0) is 12.2. The first-order chi connectivity index (χ1) is 7.44. The number of halogens is 1. The molecular weight excluding hydrogens is 266 g/mol. The lowest BCUT2D eigenvalue weighted by Gasteiger charge is -2.25. The molecule has 0 aliphatic rings. The summed E-state index contributed by atoms with van der Waals surface area (Å²) in [5, 5.41) is 3.04. The van der Waals surface area contributed by atoms with Crippen LogP contribution in [0.15, 0.2) is 28.7 Å². The number of nitrogens with one attached hydrogen (secondary N) is 1. The van der Waals surface area contributed by atoms with Gasteiger partial charge in [0.2, 0.25) is 0 Å². The number of hydrogen-bond acceptors (Lipinski definition) is 1. The summed E-state index contributed by atoms with van der Waals surface area (Å²) in [5.74, 6) is -0.00838. The van der Waals surface area contributed by atoms with Crippen molar-refractivity contribution in [2.24, 2.45) is 0 Å². The smallest absolute Gasteiger partial charge is 0.251 e. The predicted molar refractivity (Wildman–Crippen MR) is 70.6 cm³/mol. The molecule has 0 saturated heterocycles. The van der Waals surface area contributed by atoms with Gasteiger partial charge in [-0.3, -0.25) is 4.79 Å². The SMILES string of the molecule is CCCC(C)(C)NC(=O)c1ccc(Br)cc1. The van der Waals surface area contributed by atoms with E-state index in [1.807, 2.05) is 38.1 Å². The van der Waals surface area contributed by atoms with Crippen LogP contribution in [0.5, 0.6) is 0 Å². The first-order valence-corrected chi connectivity index (χ1v) is 6.32. The molecule has 0 saturated carbocycles. The molecule has 0 radical (unpaired) electrons. The molecule has 16 heavy (non-hydrogen) atoms. The predicted octanol–water partition coefficient (Wildman–Crippen LogP) is 3.76. The van der Waals surface area contributed by atoms with E-state index >= 15 is 0 Å². The van der Waals surface area contributed by atoms with Gasteiger partial charge in [0.1, 0.15) is 0 Å². The summed E-state index contributed by atoms with van der Waals surface area (Å²) in [7, 11) is 0. The Bertz CT molecular complexity index is 357. The minimum absolute atomic E-state index is 0.00838. The van der Waals surface area contributed by atoms with Gasteiger partial charge in [-0.25, -0.2) is 0 Å². The Hall–Kier alpha value is -0.830. The van der Waals surface area contributed by atoms with Crippen molar-refractivity contribution in [3.63, 3.8) is 0 Å². The van der Waals surface area contributed by atoms with Crippen LogP contribution in [0.1, 0.15) is 44.0 Å². The average Bonchev–Trinajstić information content (AvgIpc) is 2.17. The second-order valence-electron chi connectivity index (χ2n) is 4.59. The molecule has 2 nitrogen and oxygen atoms in total. The Balaban J connectivity index is 2.69. The van der Waals surface area contributed by atoms with Gasteiger partial charge in [-0.15, -0.1) is 0 Å². The maximum absolute atomic E-state index is 11.9. The summed E-state index contributed by atoms with van der Waals surface area (Å²) in [4.78, 5) is 11.9. The standard InChI is InChI=1S/C13H18BrNO/c1-4-9-13(2,3)15-12(16)10-5-7-11(14)8-6-10/h5-8H,4,9H2,1-3H3,(H,15,16). The minimum atomic E-state index is -0.140. The molecule has 0 heterocycles. The van der Waals surface area contributed by atoms with Crippen molar-refractivity contribution in [3.8, 4) is 0 Å². The van der Waals surface area contributed by atoms with Crippen molar-refractivity contribution < 1.29 is 4.79 Å². The minimum Gasteiger partial charge on any atom is -0.347 e. The van der Waals surface area contributed by atoms with Crippen molar-refractivity contribution in [1.29, 1.82) is 0 Å². The van der Waals surface area contributed by atoms with E-state index in [1.54, 1.807) is 0 Å². The van der Waals surface area contributed by atoms with Crippen molar-refractivity contribution in [2.75, 3.05) is 0 Å². The molecular formula is C13H18BrNO. The molecule has 1 rings (SSSR count). The number of carbonyl (C=O) groups excluding carboxylic acids is 1. The number of benzene rings is 1. The summed E-state index contributed by atoms with van der Waals surface area (Å²) >= 11 is 3.35. The van der Waals surface area contributed by atoms with Crippen molar-refractivity contribution in [2.45, 2.75) is 39.2 Å². The van der Waals surface area contributed by atoms with Crippen LogP contribution in [0.4, 0.5) is 0 Å². The summed E-state index contributed by atoms with van der Waals surface area (Å²) < 4.78 is 0.983. The third-order valence-corrected chi connectivity index (χ3v) is 2.96. The highest BCUT2D eigenvalue weighted by Crippen LogP contribution is 2.14. The van der Waals surface area contributed by atoms with Gasteiger partial charge in [0, 0.05) is 15.6 Å². The van der Waals surface area contributed by atoms with Crippen LogP contribution in [0, 0.1) is 0 Å². The largest absolute Gasteiger partial charge is 0.347 e. The van der Waals surface area contributed by atoms with Crippen LogP contribution < -0.4 is 5.32 Å². The third-order valence-electron chi connectivity index (χ3n) is 2.43. The van der Waals surface area contributed by atoms with Gasteiger partial charge in [0.15, 0.2) is 0 Å². The molecule has 0 aliphatic heterocycles. The Morgan fingerprint density at radius 3 is 2.38 bits per heavy atom. The quantitative estimate of drug-likeness (QED) is 0.896. The summed E-state index contributed by atoms with van der Waals surface area (Å²) in [6, 6.07) is 7.40. The van der Waals surface area contributed by atoms with Gasteiger partial charge in [-0.05, 0) is 44.5 Å². The fourth-order valence-corrected chi connectivity index (χ4v) is 1.93. The van der Waals surface area contributed by atoms with E-state index in [0.29, 0.717) is 5.56 Å². The van der Waals surface area contributed by atoms with E-state index in [9.17, 15) is 4.79 Å². The summed E-state index contributed by atoms with van der Waals surface area (Å²) in [5.41, 5.74) is 0.561. The third kappa shape index (κ3) is 3.97. The molecule has 1 amide bonds. The highest BCUT2D eigenvalue weighted by atomic mass is 79.9. The zero-order valence-electron chi connectivity index (χ0n) is 10.0. The van der Waals surface area contributed by atoms with E-state index in [4.69, 9.17) is 0 Å². The maximum atomic E-state index is 11.9. The van der Waals surface area contributed by atoms with Crippen molar-refractivity contribution in [3.05, 3.63) is 34.3 Å². The Morgan fingerprint density at radius 2 is 1.88 bits per heavy atom. The van der Waals surface area contributed by atoms with Gasteiger partial charge in [-0.1, -0.05) is 29.3 Å². The van der Waals surface area contributed by atoms with Crippen LogP contribution >= 0.6 is 15.9 Å². The molecule has 0 atom stereocenters. The Morgan fingerprint density at radius 1 is 1.31 bits per heavy atom. The molecule has 0 unspecified atom stereocenters. The van der Waals surface area contributed by atoms with E-state index in [-0.39, 0.29) is 11.4 Å². The summed E-state index contributed by atoms with van der Waals surface area (Å²) in [6.07, 6.45) is 2.04. The summed E-state index contributed by atoms with van der Waals surface area (Å²) in [6.45, 7) is 6.22. The monoisotopic (exact) mass is 283 g/mol. The fraction of sp³-hybridized carbons (Fsp3) is 0.462. The lowest BCUT2D eigenvalue weighted by molar-refractivity contribution is 0.0909. The lowest BCUT2D eigenvalue weighted by atomic mass is 9.98. The maximum Gasteiger partial charge on any atom is 0.251 e. The van der Waals surface area contributed by atoms with E-state index in [0.717, 1.165) is 17.3 Å². The molecule has 3 heteroatoms. The molecule has 0 spiro atoms.